The van der Waals surface area contributed by atoms with Gasteiger partial charge in [0.2, 0.25) is 0 Å². The monoisotopic (exact) mass is 735 g/mol. The molecule has 0 fully saturated rings. The molecule has 0 saturated carbocycles. The Morgan fingerprint density at radius 1 is 0.667 bits per heavy atom. The number of rotatable bonds is 3. The summed E-state index contributed by atoms with van der Waals surface area (Å²) in [4.78, 5) is 8.50. The zero-order chi connectivity index (χ0) is 38.3. The summed E-state index contributed by atoms with van der Waals surface area (Å²) in [6.07, 6.45) is 2.59. The maximum absolute atomic E-state index is 8.00. The predicted octanol–water partition coefficient (Wildman–Crippen LogP) is 9.90. The minimum Gasteiger partial charge on any atom is -0.501 e. The van der Waals surface area contributed by atoms with Gasteiger partial charge < -0.3 is 14.4 Å². The van der Waals surface area contributed by atoms with E-state index in [4.69, 9.17) is 20.9 Å². The van der Waals surface area contributed by atoms with E-state index in [1.54, 1.807) is 42.5 Å². The molecule has 0 aliphatic carbocycles. The molecular weight excluding hydrogens is 693 g/mol. The zero-order valence-electron chi connectivity index (χ0n) is 34.0. The molecule has 42 heavy (non-hydrogen) atoms. The van der Waals surface area contributed by atoms with Crippen LogP contribution in [0.4, 0.5) is 0 Å². The van der Waals surface area contributed by atoms with Gasteiger partial charge in [0.1, 0.15) is 5.58 Å². The Bertz CT molecular complexity index is 2340. The summed E-state index contributed by atoms with van der Waals surface area (Å²) >= 11 is 0. The second kappa shape index (κ2) is 12.6. The van der Waals surface area contributed by atoms with E-state index in [9.17, 15) is 0 Å². The standard InChI is InChI=1S/C25H18NO.C13H12N.Ir/c1-16-8-3-4-9-18(16)22-14-23(26-15-17(22)2)21-12-7-11-20-19-10-5-6-13-24(19)27-25(20)21;1-10-3-6-12(7-4-10)13-8-5-11(2)9-14-13;/h3-11,13-15H,1-2H3;3-6,8-9H,1-2H3;/q2*-1;/i2*1D3,2D3;. The molecule has 0 saturated heterocycles. The molecule has 0 spiro atoms. The Hall–Kier alpha value is -4.37. The van der Waals surface area contributed by atoms with Crippen molar-refractivity contribution >= 4 is 21.9 Å². The van der Waals surface area contributed by atoms with Crippen molar-refractivity contribution in [2.75, 3.05) is 0 Å². The first-order valence-electron chi connectivity index (χ1n) is 18.7. The van der Waals surface area contributed by atoms with Crippen molar-refractivity contribution in [3.8, 4) is 33.6 Å². The molecule has 3 heterocycles. The second-order valence-electron chi connectivity index (χ2n) is 9.28. The Balaban J connectivity index is 0.000000230. The molecule has 3 nitrogen and oxygen atoms in total. The van der Waals surface area contributed by atoms with Gasteiger partial charge >= 0.3 is 0 Å². The van der Waals surface area contributed by atoms with E-state index in [0.29, 0.717) is 39.2 Å². The van der Waals surface area contributed by atoms with Gasteiger partial charge in [0.05, 0.1) is 5.58 Å². The number of fused-ring (bicyclic) bond motifs is 3. The van der Waals surface area contributed by atoms with Gasteiger partial charge in [-0.25, -0.2) is 0 Å². The quantitative estimate of drug-likeness (QED) is 0.170. The van der Waals surface area contributed by atoms with Gasteiger partial charge in [0.15, 0.2) is 0 Å². The Morgan fingerprint density at radius 2 is 1.48 bits per heavy atom. The van der Waals surface area contributed by atoms with E-state index in [0.717, 1.165) is 16.4 Å². The SMILES string of the molecule is [2H]C([2H])([2H])c1c[c-]c(-c2ccc(C([2H])([2H])[2H])cn2)cc1.[2H]C([2H])([2H])c1ccccc1-c1cc(-c2[c-]ccc3c2oc2ccccc23)ncc1C([2H])([2H])[2H].[Ir]. The van der Waals surface area contributed by atoms with Crippen LogP contribution in [0.25, 0.3) is 55.6 Å². The fourth-order valence-electron chi connectivity index (χ4n) is 4.55. The smallest absolute Gasteiger partial charge is 0.120 e. The van der Waals surface area contributed by atoms with Crippen LogP contribution in [0.15, 0.2) is 114 Å². The molecule has 4 aromatic carbocycles. The maximum Gasteiger partial charge on any atom is 0.120 e. The Kier molecular flexibility index (Phi) is 5.29. The summed E-state index contributed by atoms with van der Waals surface area (Å²) < 4.78 is 97.5. The molecule has 0 unspecified atom stereocenters. The average Bonchev–Trinajstić information content (AvgIpc) is 3.49. The number of nitrogens with zero attached hydrogens (tertiary/aromatic N) is 2. The van der Waals surface area contributed by atoms with Crippen LogP contribution in [-0.2, 0) is 20.1 Å². The van der Waals surface area contributed by atoms with Crippen LogP contribution in [0.5, 0.6) is 0 Å². The van der Waals surface area contributed by atoms with E-state index in [1.807, 2.05) is 30.3 Å². The third kappa shape index (κ3) is 5.97. The molecule has 1 radical (unpaired) electrons. The molecular formula is C38H30IrN2O-2. The van der Waals surface area contributed by atoms with Gasteiger partial charge in [0, 0.05) is 54.3 Å². The molecule has 209 valence electrons. The van der Waals surface area contributed by atoms with E-state index >= 15 is 0 Å². The van der Waals surface area contributed by atoms with Crippen molar-refractivity contribution in [3.05, 3.63) is 144 Å². The molecule has 7 rings (SSSR count). The molecule has 0 N–H and O–H groups in total. The molecule has 0 bridgehead atoms. The first kappa shape index (κ1) is 17.6. The third-order valence-corrected chi connectivity index (χ3v) is 6.57. The van der Waals surface area contributed by atoms with Gasteiger partial charge in [-0.3, -0.25) is 0 Å². The van der Waals surface area contributed by atoms with Crippen molar-refractivity contribution in [2.45, 2.75) is 27.4 Å². The minimum absolute atomic E-state index is 0. The molecule has 7 aromatic rings. The molecule has 0 amide bonds. The number of hydrogen-bond acceptors (Lipinski definition) is 3. The van der Waals surface area contributed by atoms with E-state index in [1.165, 1.54) is 36.7 Å². The van der Waals surface area contributed by atoms with Crippen LogP contribution < -0.4 is 0 Å². The summed E-state index contributed by atoms with van der Waals surface area (Å²) in [5.74, 6) is 0. The largest absolute Gasteiger partial charge is 0.501 e. The Labute approximate surface area is 277 Å². The topological polar surface area (TPSA) is 38.9 Å². The summed E-state index contributed by atoms with van der Waals surface area (Å²) in [5, 5.41) is 1.85. The number of hydrogen-bond donors (Lipinski definition) is 0. The molecule has 0 aliphatic heterocycles. The van der Waals surface area contributed by atoms with Gasteiger partial charge in [-0.05, 0) is 65.8 Å². The van der Waals surface area contributed by atoms with Crippen LogP contribution in [0.2, 0.25) is 0 Å². The van der Waals surface area contributed by atoms with E-state index < -0.39 is 27.4 Å². The average molecular weight is 735 g/mol. The van der Waals surface area contributed by atoms with Crippen LogP contribution in [0.1, 0.15) is 38.7 Å². The van der Waals surface area contributed by atoms with E-state index in [-0.39, 0.29) is 42.4 Å². The van der Waals surface area contributed by atoms with Gasteiger partial charge in [0.25, 0.3) is 0 Å². The van der Waals surface area contributed by atoms with Gasteiger partial charge in [-0.1, -0.05) is 78.5 Å². The normalized spacial score (nSPS) is 16.1. The molecule has 4 heteroatoms. The van der Waals surface area contributed by atoms with E-state index in [2.05, 4.69) is 22.1 Å². The number of para-hydroxylation sites is 1. The number of aryl methyl sites for hydroxylation is 4. The van der Waals surface area contributed by atoms with Crippen molar-refractivity contribution in [1.29, 1.82) is 0 Å². The van der Waals surface area contributed by atoms with Crippen molar-refractivity contribution in [3.63, 3.8) is 0 Å². The molecule has 3 aromatic heterocycles. The number of furan rings is 1. The van der Waals surface area contributed by atoms with Gasteiger partial charge in [-0.15, -0.1) is 53.6 Å². The van der Waals surface area contributed by atoms with Gasteiger partial charge in [-0.2, -0.15) is 0 Å². The predicted molar refractivity (Wildman–Crippen MR) is 169 cm³/mol. The minimum atomic E-state index is -2.47. The van der Waals surface area contributed by atoms with Crippen LogP contribution >= 0.6 is 0 Å². The summed E-state index contributed by atoms with van der Waals surface area (Å²) in [7, 11) is 0. The Morgan fingerprint density at radius 3 is 2.26 bits per heavy atom. The maximum atomic E-state index is 8.00. The zero-order valence-corrected chi connectivity index (χ0v) is 24.4. The fourth-order valence-corrected chi connectivity index (χ4v) is 4.55. The van der Waals surface area contributed by atoms with Crippen molar-refractivity contribution in [1.82, 2.24) is 9.97 Å². The van der Waals surface area contributed by atoms with Crippen molar-refractivity contribution in [2.24, 2.45) is 0 Å². The number of benzene rings is 4. The first-order valence-corrected chi connectivity index (χ1v) is 12.7. The van der Waals surface area contributed by atoms with Crippen LogP contribution in [0.3, 0.4) is 0 Å². The molecule has 0 aliphatic rings. The number of aromatic nitrogens is 2. The summed E-state index contributed by atoms with van der Waals surface area (Å²) in [6.45, 7) is -9.22. The summed E-state index contributed by atoms with van der Waals surface area (Å²) in [5.41, 5.74) is 4.58. The molecule has 0 atom stereocenters. The summed E-state index contributed by atoms with van der Waals surface area (Å²) in [6, 6.07) is 33.0. The second-order valence-corrected chi connectivity index (χ2v) is 9.28. The fraction of sp³-hybridized carbons (Fsp3) is 0.105. The van der Waals surface area contributed by atoms with Crippen molar-refractivity contribution < 1.29 is 41.0 Å². The first-order chi connectivity index (χ1) is 24.8. The van der Waals surface area contributed by atoms with Crippen LogP contribution in [0, 0.1) is 39.5 Å². The number of pyridine rings is 2. The third-order valence-electron chi connectivity index (χ3n) is 6.57. The van der Waals surface area contributed by atoms with Crippen LogP contribution in [-0.4, -0.2) is 9.97 Å².